The van der Waals surface area contributed by atoms with Gasteiger partial charge in [0.15, 0.2) is 0 Å². The van der Waals surface area contributed by atoms with Crippen molar-refractivity contribution in [3.8, 4) is 11.1 Å². The van der Waals surface area contributed by atoms with Crippen molar-refractivity contribution in [2.24, 2.45) is 0 Å². The zero-order valence-corrected chi connectivity index (χ0v) is 24.1. The van der Waals surface area contributed by atoms with Gasteiger partial charge in [0.05, 0.1) is 12.3 Å². The molecule has 1 aliphatic heterocycles. The standard InChI is InChI=1S/C35H31F2N3O4/c1-44-22-20-38-32(41)23-30-29-13-7-8-14-31(29)40(21-19-35(30,36)37)34(43)25-15-17-26(18-16-25)39-33(42)28-12-6-5-11-27(28)24-9-3-2-4-10-24/h2-18,23H,19-22H2,1H3,(H,38,41)(H,39,42)/b30-23-. The minimum atomic E-state index is -3.35. The third-order valence-corrected chi connectivity index (χ3v) is 7.30. The fourth-order valence-electron chi connectivity index (χ4n) is 5.09. The maximum absolute atomic E-state index is 15.4. The number of nitrogens with one attached hydrogen (secondary N) is 2. The van der Waals surface area contributed by atoms with Crippen molar-refractivity contribution >= 4 is 34.7 Å². The second-order valence-electron chi connectivity index (χ2n) is 10.2. The summed E-state index contributed by atoms with van der Waals surface area (Å²) in [5, 5.41) is 5.41. The molecule has 0 aliphatic carbocycles. The lowest BCUT2D eigenvalue weighted by molar-refractivity contribution is -0.116. The number of hydrogen-bond acceptors (Lipinski definition) is 4. The molecule has 0 saturated heterocycles. The lowest BCUT2D eigenvalue weighted by Gasteiger charge is -2.23. The lowest BCUT2D eigenvalue weighted by atomic mass is 9.97. The van der Waals surface area contributed by atoms with E-state index in [4.69, 9.17) is 4.74 Å². The molecule has 4 aromatic carbocycles. The molecule has 0 spiro atoms. The topological polar surface area (TPSA) is 87.7 Å². The van der Waals surface area contributed by atoms with Crippen LogP contribution in [0.1, 0.15) is 32.7 Å². The third kappa shape index (κ3) is 6.74. The molecule has 7 nitrogen and oxygen atoms in total. The van der Waals surface area contributed by atoms with Crippen molar-refractivity contribution in [3.63, 3.8) is 0 Å². The SMILES string of the molecule is COCCNC(=O)/C=C1/c2ccccc2N(C(=O)c2ccc(NC(=O)c3ccccc3-c3ccccc3)cc2)CCC1(F)F. The summed E-state index contributed by atoms with van der Waals surface area (Å²) in [4.78, 5) is 40.6. The summed E-state index contributed by atoms with van der Waals surface area (Å²) >= 11 is 0. The summed E-state index contributed by atoms with van der Waals surface area (Å²) in [6.07, 6.45) is 0.232. The zero-order chi connectivity index (χ0) is 31.1. The van der Waals surface area contributed by atoms with Gasteiger partial charge in [-0.05, 0) is 47.5 Å². The predicted octanol–water partition coefficient (Wildman–Crippen LogP) is 6.44. The van der Waals surface area contributed by atoms with Gasteiger partial charge in [0.2, 0.25) is 5.91 Å². The molecule has 1 aliphatic rings. The lowest BCUT2D eigenvalue weighted by Crippen LogP contribution is -2.33. The molecule has 1 heterocycles. The number of amides is 3. The van der Waals surface area contributed by atoms with Crippen LogP contribution >= 0.6 is 0 Å². The third-order valence-electron chi connectivity index (χ3n) is 7.30. The number of methoxy groups -OCH3 is 1. The number of nitrogens with zero attached hydrogens (tertiary/aromatic N) is 1. The molecule has 5 rings (SSSR count). The van der Waals surface area contributed by atoms with Gasteiger partial charge in [0.25, 0.3) is 17.7 Å². The Bertz CT molecular complexity index is 1690. The van der Waals surface area contributed by atoms with Gasteiger partial charge in [0.1, 0.15) is 0 Å². The quantitative estimate of drug-likeness (QED) is 0.181. The molecule has 0 saturated carbocycles. The van der Waals surface area contributed by atoms with Gasteiger partial charge in [-0.3, -0.25) is 14.4 Å². The average molecular weight is 596 g/mol. The van der Waals surface area contributed by atoms with Gasteiger partial charge < -0.3 is 20.3 Å². The van der Waals surface area contributed by atoms with Gasteiger partial charge in [-0.15, -0.1) is 0 Å². The number of halogens is 2. The molecule has 9 heteroatoms. The number of carbonyl (C=O) groups is 3. The van der Waals surface area contributed by atoms with Crippen LogP contribution in [-0.4, -0.2) is 50.5 Å². The summed E-state index contributed by atoms with van der Waals surface area (Å²) in [6.45, 7) is 0.154. The van der Waals surface area contributed by atoms with Crippen LogP contribution in [0.25, 0.3) is 16.7 Å². The summed E-state index contributed by atoms with van der Waals surface area (Å²) < 4.78 is 35.7. The Balaban J connectivity index is 1.37. The van der Waals surface area contributed by atoms with Gasteiger partial charge >= 0.3 is 0 Å². The molecule has 3 amide bonds. The molecule has 2 N–H and O–H groups in total. The predicted molar refractivity (Wildman–Crippen MR) is 167 cm³/mol. The van der Waals surface area contributed by atoms with Gasteiger partial charge in [-0.2, -0.15) is 0 Å². The van der Waals surface area contributed by atoms with Gasteiger partial charge in [-0.1, -0.05) is 66.7 Å². The Morgan fingerprint density at radius 3 is 2.25 bits per heavy atom. The first-order valence-corrected chi connectivity index (χ1v) is 14.1. The Labute approximate surface area is 254 Å². The van der Waals surface area contributed by atoms with E-state index >= 15 is 8.78 Å². The molecule has 44 heavy (non-hydrogen) atoms. The van der Waals surface area contributed by atoms with Gasteiger partial charge in [-0.25, -0.2) is 8.78 Å². The average Bonchev–Trinajstić information content (AvgIpc) is 3.15. The number of rotatable bonds is 8. The highest BCUT2D eigenvalue weighted by Crippen LogP contribution is 2.43. The van der Waals surface area contributed by atoms with E-state index in [1.807, 2.05) is 42.5 Å². The number of ether oxygens (including phenoxy) is 1. The fourth-order valence-corrected chi connectivity index (χ4v) is 5.09. The molecular weight excluding hydrogens is 564 g/mol. The summed E-state index contributed by atoms with van der Waals surface area (Å²) in [6, 6.07) is 29.5. The monoisotopic (exact) mass is 595 g/mol. The van der Waals surface area contributed by atoms with E-state index in [1.54, 1.807) is 54.6 Å². The summed E-state index contributed by atoms with van der Waals surface area (Å²) in [7, 11) is 1.47. The maximum atomic E-state index is 15.4. The van der Waals surface area contributed by atoms with E-state index in [0.29, 0.717) is 11.3 Å². The molecule has 0 fully saturated rings. The number of para-hydroxylation sites is 1. The van der Waals surface area contributed by atoms with E-state index in [2.05, 4.69) is 10.6 Å². The van der Waals surface area contributed by atoms with Crippen LogP contribution in [0, 0.1) is 0 Å². The van der Waals surface area contributed by atoms with Crippen LogP contribution in [0.5, 0.6) is 0 Å². The van der Waals surface area contributed by atoms with E-state index in [-0.39, 0.29) is 42.4 Å². The second kappa shape index (κ2) is 13.4. The fraction of sp³-hybridized carbons (Fsp3) is 0.171. The van der Waals surface area contributed by atoms with E-state index in [9.17, 15) is 14.4 Å². The van der Waals surface area contributed by atoms with E-state index in [1.165, 1.54) is 18.1 Å². The van der Waals surface area contributed by atoms with Crippen molar-refractivity contribution in [2.75, 3.05) is 37.0 Å². The number of alkyl halides is 2. The van der Waals surface area contributed by atoms with Crippen LogP contribution in [-0.2, 0) is 9.53 Å². The van der Waals surface area contributed by atoms with E-state index in [0.717, 1.165) is 17.2 Å². The van der Waals surface area contributed by atoms with Crippen molar-refractivity contribution in [2.45, 2.75) is 12.3 Å². The van der Waals surface area contributed by atoms with Gasteiger partial charge in [0, 0.05) is 60.6 Å². The smallest absolute Gasteiger partial charge is 0.275 e. The largest absolute Gasteiger partial charge is 0.383 e. The van der Waals surface area contributed by atoms with Crippen LogP contribution in [0.15, 0.2) is 109 Å². The maximum Gasteiger partial charge on any atom is 0.275 e. The Kier molecular flexibility index (Phi) is 9.26. The van der Waals surface area contributed by atoms with Crippen molar-refractivity contribution < 1.29 is 27.9 Å². The van der Waals surface area contributed by atoms with E-state index < -0.39 is 29.7 Å². The molecule has 0 atom stereocenters. The number of anilines is 2. The zero-order valence-electron chi connectivity index (χ0n) is 24.1. The molecular formula is C35H31F2N3O4. The molecule has 0 bridgehead atoms. The number of hydrogen-bond donors (Lipinski definition) is 2. The highest BCUT2D eigenvalue weighted by molar-refractivity contribution is 6.11. The minimum Gasteiger partial charge on any atom is -0.383 e. The first-order chi connectivity index (χ1) is 21.3. The van der Waals surface area contributed by atoms with Crippen LogP contribution in [0.4, 0.5) is 20.2 Å². The van der Waals surface area contributed by atoms with Crippen molar-refractivity contribution in [1.82, 2.24) is 5.32 Å². The Hall–Kier alpha value is -5.15. The van der Waals surface area contributed by atoms with Crippen molar-refractivity contribution in [3.05, 3.63) is 126 Å². The summed E-state index contributed by atoms with van der Waals surface area (Å²) in [5.41, 5.74) is 2.86. The number of allylic oxidation sites excluding steroid dienone is 1. The Morgan fingerprint density at radius 1 is 0.864 bits per heavy atom. The van der Waals surface area contributed by atoms with Crippen LogP contribution in [0.2, 0.25) is 0 Å². The number of carbonyl (C=O) groups excluding carboxylic acids is 3. The minimum absolute atomic E-state index is 0.103. The Morgan fingerprint density at radius 2 is 1.52 bits per heavy atom. The van der Waals surface area contributed by atoms with Crippen molar-refractivity contribution in [1.29, 1.82) is 0 Å². The first kappa shape index (κ1) is 30.3. The normalized spacial score (nSPS) is 14.8. The number of benzene rings is 4. The highest BCUT2D eigenvalue weighted by Gasteiger charge is 2.41. The second-order valence-corrected chi connectivity index (χ2v) is 10.2. The molecule has 0 unspecified atom stereocenters. The van der Waals surface area contributed by atoms with Crippen LogP contribution in [0.3, 0.4) is 0 Å². The number of fused-ring (bicyclic) bond motifs is 1. The molecule has 224 valence electrons. The van der Waals surface area contributed by atoms with Crippen LogP contribution < -0.4 is 15.5 Å². The molecule has 4 aromatic rings. The molecule has 0 aromatic heterocycles. The first-order valence-electron chi connectivity index (χ1n) is 14.1. The summed E-state index contributed by atoms with van der Waals surface area (Å²) in [5.74, 6) is -4.81. The highest BCUT2D eigenvalue weighted by atomic mass is 19.3. The molecule has 0 radical (unpaired) electrons.